The summed E-state index contributed by atoms with van der Waals surface area (Å²) in [7, 11) is 0. The lowest BCUT2D eigenvalue weighted by atomic mass is 9.75. The second-order valence-corrected chi connectivity index (χ2v) is 6.12. The SMILES string of the molecule is CC1CCC(C(C)C)C(Oc2nccc(C(=N)N)n2)C1. The van der Waals surface area contributed by atoms with E-state index < -0.39 is 0 Å². The average molecular weight is 276 g/mol. The second-order valence-electron chi connectivity index (χ2n) is 6.12. The predicted octanol–water partition coefficient (Wildman–Crippen LogP) is 2.60. The quantitative estimate of drug-likeness (QED) is 0.654. The zero-order valence-electron chi connectivity index (χ0n) is 12.5. The predicted molar refractivity (Wildman–Crippen MR) is 78.8 cm³/mol. The van der Waals surface area contributed by atoms with Crippen LogP contribution in [-0.2, 0) is 0 Å². The lowest BCUT2D eigenvalue weighted by molar-refractivity contribution is 0.0389. The minimum Gasteiger partial charge on any atom is -0.460 e. The van der Waals surface area contributed by atoms with Crippen LogP contribution < -0.4 is 10.5 Å². The molecule has 0 radical (unpaired) electrons. The lowest BCUT2D eigenvalue weighted by Crippen LogP contribution is -2.36. The molecule has 110 valence electrons. The number of nitrogen functional groups attached to an aromatic ring is 1. The van der Waals surface area contributed by atoms with Crippen LogP contribution in [0.5, 0.6) is 6.01 Å². The molecule has 0 spiro atoms. The Hall–Kier alpha value is -1.65. The summed E-state index contributed by atoms with van der Waals surface area (Å²) in [5.41, 5.74) is 5.87. The van der Waals surface area contributed by atoms with Crippen LogP contribution in [0, 0.1) is 23.2 Å². The molecule has 0 bridgehead atoms. The van der Waals surface area contributed by atoms with E-state index in [0.29, 0.717) is 29.5 Å². The van der Waals surface area contributed by atoms with Crippen LogP contribution >= 0.6 is 0 Å². The number of nitrogens with zero attached hydrogens (tertiary/aromatic N) is 2. The number of nitrogens with two attached hydrogens (primary N) is 1. The van der Waals surface area contributed by atoms with Gasteiger partial charge in [-0.25, -0.2) is 4.98 Å². The van der Waals surface area contributed by atoms with Crippen LogP contribution in [0.4, 0.5) is 0 Å². The number of hydrogen-bond donors (Lipinski definition) is 2. The molecule has 3 atom stereocenters. The van der Waals surface area contributed by atoms with Gasteiger partial charge in [-0.05, 0) is 36.7 Å². The van der Waals surface area contributed by atoms with Gasteiger partial charge in [-0.1, -0.05) is 27.2 Å². The molecule has 0 saturated heterocycles. The molecule has 3 unspecified atom stereocenters. The third kappa shape index (κ3) is 3.46. The maximum atomic E-state index is 7.42. The highest BCUT2D eigenvalue weighted by molar-refractivity contribution is 5.92. The van der Waals surface area contributed by atoms with Gasteiger partial charge in [0.1, 0.15) is 17.6 Å². The Balaban J connectivity index is 2.13. The second kappa shape index (κ2) is 6.20. The fourth-order valence-corrected chi connectivity index (χ4v) is 2.93. The highest BCUT2D eigenvalue weighted by Crippen LogP contribution is 2.35. The van der Waals surface area contributed by atoms with Gasteiger partial charge in [0, 0.05) is 6.20 Å². The normalized spacial score (nSPS) is 26.5. The first-order valence-corrected chi connectivity index (χ1v) is 7.31. The summed E-state index contributed by atoms with van der Waals surface area (Å²) in [5, 5.41) is 7.42. The first-order valence-electron chi connectivity index (χ1n) is 7.31. The van der Waals surface area contributed by atoms with E-state index in [4.69, 9.17) is 15.9 Å². The Kier molecular flexibility index (Phi) is 4.57. The molecule has 0 amide bonds. The Morgan fingerprint density at radius 2 is 2.20 bits per heavy atom. The van der Waals surface area contributed by atoms with Gasteiger partial charge in [0.2, 0.25) is 0 Å². The topological polar surface area (TPSA) is 84.9 Å². The smallest absolute Gasteiger partial charge is 0.317 e. The van der Waals surface area contributed by atoms with Crippen molar-refractivity contribution in [2.75, 3.05) is 0 Å². The molecule has 1 fully saturated rings. The molecule has 20 heavy (non-hydrogen) atoms. The van der Waals surface area contributed by atoms with Crippen LogP contribution in [-0.4, -0.2) is 21.9 Å². The molecular formula is C15H24N4O. The van der Waals surface area contributed by atoms with Crippen molar-refractivity contribution in [1.29, 1.82) is 5.41 Å². The highest BCUT2D eigenvalue weighted by atomic mass is 16.5. The molecule has 1 saturated carbocycles. The van der Waals surface area contributed by atoms with Gasteiger partial charge in [-0.2, -0.15) is 4.98 Å². The van der Waals surface area contributed by atoms with Gasteiger partial charge in [0.15, 0.2) is 0 Å². The first kappa shape index (κ1) is 14.8. The minimum atomic E-state index is -0.0605. The first-order chi connectivity index (χ1) is 9.47. The number of ether oxygens (including phenoxy) is 1. The van der Waals surface area contributed by atoms with Crippen molar-refractivity contribution >= 4 is 5.84 Å². The van der Waals surface area contributed by atoms with Crippen molar-refractivity contribution in [2.45, 2.75) is 46.1 Å². The van der Waals surface area contributed by atoms with Crippen molar-refractivity contribution < 1.29 is 4.74 Å². The van der Waals surface area contributed by atoms with E-state index in [1.807, 2.05) is 0 Å². The van der Waals surface area contributed by atoms with Crippen molar-refractivity contribution in [3.8, 4) is 6.01 Å². The summed E-state index contributed by atoms with van der Waals surface area (Å²) >= 11 is 0. The number of aromatic nitrogens is 2. The monoisotopic (exact) mass is 276 g/mol. The summed E-state index contributed by atoms with van der Waals surface area (Å²) in [6.07, 6.45) is 5.24. The molecule has 2 rings (SSSR count). The fourth-order valence-electron chi connectivity index (χ4n) is 2.93. The Labute approximate surface area is 120 Å². The summed E-state index contributed by atoms with van der Waals surface area (Å²) in [4.78, 5) is 8.35. The molecule has 5 nitrogen and oxygen atoms in total. The van der Waals surface area contributed by atoms with Crippen molar-refractivity contribution in [2.24, 2.45) is 23.5 Å². The molecule has 0 aliphatic heterocycles. The Bertz CT molecular complexity index is 475. The van der Waals surface area contributed by atoms with E-state index in [9.17, 15) is 0 Å². The third-order valence-electron chi connectivity index (χ3n) is 4.13. The van der Waals surface area contributed by atoms with Gasteiger partial charge >= 0.3 is 6.01 Å². The molecule has 1 heterocycles. The highest BCUT2D eigenvalue weighted by Gasteiger charge is 2.32. The van der Waals surface area contributed by atoms with Gasteiger partial charge < -0.3 is 10.5 Å². The van der Waals surface area contributed by atoms with Crippen LogP contribution in [0.15, 0.2) is 12.3 Å². The van der Waals surface area contributed by atoms with Crippen LogP contribution in [0.25, 0.3) is 0 Å². The van der Waals surface area contributed by atoms with E-state index in [2.05, 4.69) is 30.7 Å². The summed E-state index contributed by atoms with van der Waals surface area (Å²) in [5.74, 6) is 1.74. The molecule has 1 aromatic heterocycles. The van der Waals surface area contributed by atoms with Gasteiger partial charge in [-0.3, -0.25) is 5.41 Å². The van der Waals surface area contributed by atoms with E-state index in [1.54, 1.807) is 12.3 Å². The molecule has 3 N–H and O–H groups in total. The van der Waals surface area contributed by atoms with Crippen molar-refractivity contribution in [3.63, 3.8) is 0 Å². The van der Waals surface area contributed by atoms with E-state index in [0.717, 1.165) is 6.42 Å². The molecular weight excluding hydrogens is 252 g/mol. The molecule has 0 aromatic carbocycles. The third-order valence-corrected chi connectivity index (χ3v) is 4.13. The van der Waals surface area contributed by atoms with Gasteiger partial charge in [0.25, 0.3) is 0 Å². The number of nitrogens with one attached hydrogen (secondary N) is 1. The number of amidine groups is 1. The minimum absolute atomic E-state index is 0.0605. The molecule has 1 aliphatic rings. The Morgan fingerprint density at radius 3 is 2.85 bits per heavy atom. The van der Waals surface area contributed by atoms with E-state index in [1.165, 1.54) is 12.8 Å². The summed E-state index contributed by atoms with van der Waals surface area (Å²) in [6, 6.07) is 1.96. The van der Waals surface area contributed by atoms with Crippen LogP contribution in [0.1, 0.15) is 45.7 Å². The largest absolute Gasteiger partial charge is 0.460 e. The Morgan fingerprint density at radius 1 is 1.45 bits per heavy atom. The standard InChI is InChI=1S/C15H24N4O/c1-9(2)11-5-4-10(3)8-13(11)20-15-18-7-6-12(19-15)14(16)17/h6-7,9-11,13H,4-5,8H2,1-3H3,(H3,16,17). The molecule has 1 aromatic rings. The zero-order valence-corrected chi connectivity index (χ0v) is 12.5. The average Bonchev–Trinajstić information content (AvgIpc) is 2.38. The van der Waals surface area contributed by atoms with Gasteiger partial charge in [-0.15, -0.1) is 0 Å². The van der Waals surface area contributed by atoms with E-state index >= 15 is 0 Å². The maximum absolute atomic E-state index is 7.42. The van der Waals surface area contributed by atoms with Crippen LogP contribution in [0.3, 0.4) is 0 Å². The number of rotatable bonds is 4. The fraction of sp³-hybridized carbons (Fsp3) is 0.667. The van der Waals surface area contributed by atoms with E-state index in [-0.39, 0.29) is 11.9 Å². The lowest BCUT2D eigenvalue weighted by Gasteiger charge is -2.36. The maximum Gasteiger partial charge on any atom is 0.317 e. The molecule has 1 aliphatic carbocycles. The van der Waals surface area contributed by atoms with Crippen molar-refractivity contribution in [1.82, 2.24) is 9.97 Å². The van der Waals surface area contributed by atoms with Crippen molar-refractivity contribution in [3.05, 3.63) is 18.0 Å². The molecule has 5 heteroatoms. The van der Waals surface area contributed by atoms with Crippen LogP contribution in [0.2, 0.25) is 0 Å². The van der Waals surface area contributed by atoms with Gasteiger partial charge in [0.05, 0.1) is 0 Å². The summed E-state index contributed by atoms with van der Waals surface area (Å²) < 4.78 is 6.02. The number of hydrogen-bond acceptors (Lipinski definition) is 4. The summed E-state index contributed by atoms with van der Waals surface area (Å²) in [6.45, 7) is 6.74. The zero-order chi connectivity index (χ0) is 14.7.